The Morgan fingerprint density at radius 1 is 1.70 bits per heavy atom. The van der Waals surface area contributed by atoms with E-state index in [0.717, 1.165) is 0 Å². The Bertz CT molecular complexity index is 174. The van der Waals surface area contributed by atoms with Crippen LogP contribution >= 0.6 is 0 Å². The molecule has 0 amide bonds. The van der Waals surface area contributed by atoms with E-state index in [1.165, 1.54) is 6.92 Å². The molecule has 0 spiro atoms. The van der Waals surface area contributed by atoms with Gasteiger partial charge in [-0.3, -0.25) is 0 Å². The zero-order valence-electron chi connectivity index (χ0n) is 5.29. The molecule has 6 heteroatoms. The van der Waals surface area contributed by atoms with Gasteiger partial charge in [0.15, 0.2) is 0 Å². The van der Waals surface area contributed by atoms with Crippen LogP contribution in [0.5, 0.6) is 0 Å². The van der Waals surface area contributed by atoms with E-state index in [1.807, 2.05) is 0 Å². The van der Waals surface area contributed by atoms with Crippen LogP contribution in [0.3, 0.4) is 0 Å². The molecule has 0 aromatic rings. The summed E-state index contributed by atoms with van der Waals surface area (Å²) < 4.78 is 21.7. The summed E-state index contributed by atoms with van der Waals surface area (Å²) in [5.74, 6) is -0.831. The van der Waals surface area contributed by atoms with E-state index in [4.69, 9.17) is 3.18 Å². The Morgan fingerprint density at radius 3 is 2.50 bits per heavy atom. The molecule has 0 aromatic heterocycles. The van der Waals surface area contributed by atoms with Crippen LogP contribution in [0.2, 0.25) is 0 Å². The molecule has 56 valence electrons. The summed E-state index contributed by atoms with van der Waals surface area (Å²) in [4.78, 5) is 14.2. The van der Waals surface area contributed by atoms with Crippen LogP contribution in [-0.2, 0) is 38.1 Å². The van der Waals surface area contributed by atoms with Crippen LogP contribution in [0, 0.1) is 0 Å². The number of carbonyl (C=O) groups is 1. The van der Waals surface area contributed by atoms with Crippen molar-refractivity contribution in [1.29, 1.82) is 0 Å². The second-order valence-corrected chi connectivity index (χ2v) is 3.22. The topological polar surface area (TPSA) is 72.8 Å². The van der Waals surface area contributed by atoms with E-state index in [9.17, 15) is 7.61 Å². The van der Waals surface area contributed by atoms with E-state index in [1.54, 1.807) is 0 Å². The molecule has 1 N–H and O–H groups in total. The Kier molecular flexibility index (Phi) is 4.52. The molecule has 0 saturated heterocycles. The Hall–Kier alpha value is -0.187. The summed E-state index contributed by atoms with van der Waals surface area (Å²) in [7, 11) is 0. The average Bonchev–Trinajstić information content (AvgIpc) is 1.82. The Morgan fingerprint density at radius 2 is 2.20 bits per heavy atom. The van der Waals surface area contributed by atoms with Crippen molar-refractivity contribution in [1.82, 2.24) is 0 Å². The summed E-state index contributed by atoms with van der Waals surface area (Å²) in [6.45, 7) is 4.62. The second-order valence-electron chi connectivity index (χ2n) is 1.50. The van der Waals surface area contributed by atoms with Gasteiger partial charge in [0.2, 0.25) is 0 Å². The summed E-state index contributed by atoms with van der Waals surface area (Å²) in [5.41, 5.74) is 0.115. The van der Waals surface area contributed by atoms with Crippen molar-refractivity contribution in [2.45, 2.75) is 6.92 Å². The van der Waals surface area contributed by atoms with Crippen LogP contribution in [0.1, 0.15) is 6.92 Å². The normalized spacial score (nSPS) is 8.60. The summed E-state index contributed by atoms with van der Waals surface area (Å²) >= 11 is -3.98. The van der Waals surface area contributed by atoms with Gasteiger partial charge in [-0.2, -0.15) is 0 Å². The zero-order valence-corrected chi connectivity index (χ0v) is 7.75. The molecule has 0 bridgehead atoms. The quantitative estimate of drug-likeness (QED) is 0.410. The van der Waals surface area contributed by atoms with Crippen LogP contribution in [0.25, 0.3) is 0 Å². The SMILES string of the molecule is C=C(C)C(=O)O[O][Zr](=[O])[OH]. The molecule has 5 nitrogen and oxygen atoms in total. The van der Waals surface area contributed by atoms with Crippen LogP contribution < -0.4 is 0 Å². The van der Waals surface area contributed by atoms with E-state index in [2.05, 4.69) is 14.4 Å². The van der Waals surface area contributed by atoms with E-state index >= 15 is 0 Å². The number of hydrogen-bond donors (Lipinski definition) is 1. The van der Waals surface area contributed by atoms with Crippen molar-refractivity contribution in [3.63, 3.8) is 0 Å². The maximum absolute atomic E-state index is 10.4. The third-order valence-electron chi connectivity index (χ3n) is 0.537. The minimum absolute atomic E-state index is 0.115. The van der Waals surface area contributed by atoms with Crippen molar-refractivity contribution in [3.05, 3.63) is 12.2 Å². The molecule has 0 radical (unpaired) electrons. The molecular formula is C4H6O5Zr. The number of carbonyl (C=O) groups excluding carboxylic acids is 1. The molecule has 10 heavy (non-hydrogen) atoms. The molecule has 0 unspecified atom stereocenters. The molecule has 0 atom stereocenters. The van der Waals surface area contributed by atoms with Crippen molar-refractivity contribution in [2.24, 2.45) is 0 Å². The van der Waals surface area contributed by atoms with Gasteiger partial charge in [-0.25, -0.2) is 0 Å². The molecule has 0 rings (SSSR count). The van der Waals surface area contributed by atoms with Gasteiger partial charge in [0.05, 0.1) is 0 Å². The summed E-state index contributed by atoms with van der Waals surface area (Å²) in [5, 5.41) is 0. The summed E-state index contributed by atoms with van der Waals surface area (Å²) in [6.07, 6.45) is 0. The second kappa shape index (κ2) is 4.60. The van der Waals surface area contributed by atoms with E-state index < -0.39 is 28.6 Å². The van der Waals surface area contributed by atoms with Crippen LogP contribution in [-0.4, -0.2) is 9.15 Å². The fourth-order valence-corrected chi connectivity index (χ4v) is 0.506. The van der Waals surface area contributed by atoms with Crippen molar-refractivity contribution >= 4 is 5.97 Å². The molecular weight excluding hydrogens is 219 g/mol. The zero-order chi connectivity index (χ0) is 8.15. The average molecular weight is 225 g/mol. The van der Waals surface area contributed by atoms with Gasteiger partial charge in [-0.05, 0) is 0 Å². The summed E-state index contributed by atoms with van der Waals surface area (Å²) in [6, 6.07) is 0. The van der Waals surface area contributed by atoms with Gasteiger partial charge in [0, 0.05) is 0 Å². The van der Waals surface area contributed by atoms with Gasteiger partial charge >= 0.3 is 66.3 Å². The standard InChI is InChI=1S/C4H6O3.H2O.O.Zr/c1-3(2)4(5)7-6;;;/h6H,1H2,2H3;1H2;;/q;;;+2/p-2. The predicted octanol–water partition coefficient (Wildman–Crippen LogP) is -0.177. The predicted molar refractivity (Wildman–Crippen MR) is 24.9 cm³/mol. The van der Waals surface area contributed by atoms with Gasteiger partial charge in [-0.15, -0.1) is 0 Å². The molecule has 0 aliphatic rings. The maximum atomic E-state index is 10.4. The fraction of sp³-hybridized carbons (Fsp3) is 0.250. The molecule has 0 aliphatic heterocycles. The monoisotopic (exact) mass is 224 g/mol. The van der Waals surface area contributed by atoms with Crippen molar-refractivity contribution in [3.8, 4) is 0 Å². The molecule has 0 heterocycles. The van der Waals surface area contributed by atoms with Gasteiger partial charge in [0.25, 0.3) is 0 Å². The van der Waals surface area contributed by atoms with E-state index in [0.29, 0.717) is 0 Å². The third kappa shape index (κ3) is 4.67. The Labute approximate surface area is 66.5 Å². The first-order valence-corrected chi connectivity index (χ1v) is 5.42. The third-order valence-corrected chi connectivity index (χ3v) is 1.09. The van der Waals surface area contributed by atoms with Gasteiger partial charge < -0.3 is 0 Å². The van der Waals surface area contributed by atoms with Crippen LogP contribution in [0.15, 0.2) is 12.2 Å². The minimum atomic E-state index is -3.98. The molecule has 0 aliphatic carbocycles. The first-order valence-electron chi connectivity index (χ1n) is 2.31. The Balaban J connectivity index is 3.60. The van der Waals surface area contributed by atoms with Gasteiger partial charge in [0.1, 0.15) is 0 Å². The van der Waals surface area contributed by atoms with Crippen LogP contribution in [0.4, 0.5) is 0 Å². The first kappa shape index (κ1) is 9.81. The number of hydrogen-bond acceptors (Lipinski definition) is 4. The van der Waals surface area contributed by atoms with E-state index in [-0.39, 0.29) is 5.57 Å². The molecule has 0 fully saturated rings. The van der Waals surface area contributed by atoms with Gasteiger partial charge in [-0.1, -0.05) is 0 Å². The molecule has 0 aromatic carbocycles. The fourth-order valence-electron chi connectivity index (χ4n) is 0.145. The van der Waals surface area contributed by atoms with Crippen molar-refractivity contribution in [2.75, 3.05) is 0 Å². The first-order chi connectivity index (χ1) is 4.54. The van der Waals surface area contributed by atoms with Crippen molar-refractivity contribution < 1.29 is 41.3 Å². The molecule has 0 saturated carbocycles. The number of rotatable bonds is 3.